The van der Waals surface area contributed by atoms with Crippen LogP contribution in [0.3, 0.4) is 0 Å². The summed E-state index contributed by atoms with van der Waals surface area (Å²) in [6.45, 7) is 0. The van der Waals surface area contributed by atoms with Gasteiger partial charge in [0, 0.05) is 6.42 Å². The smallest absolute Gasteiger partial charge is 0.0925 e. The molecule has 48 valence electrons. The predicted octanol–water partition coefficient (Wildman–Crippen LogP) is 2.33. The molecule has 1 N–H and O–H groups in total. The van der Waals surface area contributed by atoms with Crippen molar-refractivity contribution in [2.24, 2.45) is 0 Å². The first-order valence-corrected chi connectivity index (χ1v) is 3.11. The van der Waals surface area contributed by atoms with E-state index in [9.17, 15) is 0 Å². The maximum Gasteiger partial charge on any atom is 0.0925 e. The fourth-order valence-electron chi connectivity index (χ4n) is 0.720. The highest BCUT2D eigenvalue weighted by Crippen LogP contribution is 2.04. The zero-order valence-corrected chi connectivity index (χ0v) is 5.25. The van der Waals surface area contributed by atoms with E-state index in [0.717, 1.165) is 12.8 Å². The van der Waals surface area contributed by atoms with Gasteiger partial charge in [-0.15, -0.1) is 0 Å². The van der Waals surface area contributed by atoms with Gasteiger partial charge < -0.3 is 5.11 Å². The minimum Gasteiger partial charge on any atom is -0.512 e. The SMILES string of the molecule is O/C1=C/C=C/C=C/CC1. The second kappa shape index (κ2) is 3.13. The predicted molar refractivity (Wildman–Crippen MR) is 38.2 cm³/mol. The highest BCUT2D eigenvalue weighted by molar-refractivity contribution is 5.15. The molecule has 0 aromatic rings. The lowest BCUT2D eigenvalue weighted by Gasteiger charge is -1.95. The fraction of sp³-hybridized carbons (Fsp3) is 0.250. The standard InChI is InChI=1S/C8H10O/c9-8-6-4-2-1-3-5-7-8/h1-4,6,9H,5,7H2/b3-1+,4-2+,8-6+. The van der Waals surface area contributed by atoms with Crippen molar-refractivity contribution in [3.8, 4) is 0 Å². The molecule has 0 aromatic carbocycles. The van der Waals surface area contributed by atoms with E-state index in [4.69, 9.17) is 5.11 Å². The summed E-state index contributed by atoms with van der Waals surface area (Å²) in [6.07, 6.45) is 11.2. The highest BCUT2D eigenvalue weighted by Gasteiger charge is 1.89. The van der Waals surface area contributed by atoms with Gasteiger partial charge in [0.05, 0.1) is 5.76 Å². The number of allylic oxidation sites excluding steroid dienone is 6. The largest absolute Gasteiger partial charge is 0.512 e. The van der Waals surface area contributed by atoms with Crippen LogP contribution in [-0.4, -0.2) is 5.11 Å². The van der Waals surface area contributed by atoms with E-state index >= 15 is 0 Å². The molecule has 0 unspecified atom stereocenters. The van der Waals surface area contributed by atoms with Crippen molar-refractivity contribution in [2.75, 3.05) is 0 Å². The molecule has 0 heterocycles. The molecule has 0 fully saturated rings. The molecule has 1 rings (SSSR count). The third-order valence-electron chi connectivity index (χ3n) is 1.21. The molecular weight excluding hydrogens is 112 g/mol. The first-order chi connectivity index (χ1) is 4.39. The summed E-state index contributed by atoms with van der Waals surface area (Å²) in [6, 6.07) is 0. The minimum absolute atomic E-state index is 0.468. The Kier molecular flexibility index (Phi) is 2.13. The van der Waals surface area contributed by atoms with E-state index in [-0.39, 0.29) is 0 Å². The summed E-state index contributed by atoms with van der Waals surface area (Å²) >= 11 is 0. The Bertz CT molecular complexity index is 163. The van der Waals surface area contributed by atoms with Crippen molar-refractivity contribution in [3.05, 3.63) is 36.1 Å². The molecule has 0 bridgehead atoms. The number of hydrogen-bond acceptors (Lipinski definition) is 1. The fourth-order valence-corrected chi connectivity index (χ4v) is 0.720. The Morgan fingerprint density at radius 3 is 3.00 bits per heavy atom. The second-order valence-electron chi connectivity index (χ2n) is 2.01. The van der Waals surface area contributed by atoms with E-state index in [1.54, 1.807) is 6.08 Å². The maximum absolute atomic E-state index is 8.99. The Hall–Kier alpha value is -0.980. The monoisotopic (exact) mass is 122 g/mol. The van der Waals surface area contributed by atoms with E-state index in [1.807, 2.05) is 24.3 Å². The van der Waals surface area contributed by atoms with E-state index in [2.05, 4.69) is 0 Å². The van der Waals surface area contributed by atoms with Crippen LogP contribution in [0.15, 0.2) is 36.1 Å². The van der Waals surface area contributed by atoms with Crippen LogP contribution in [0.1, 0.15) is 12.8 Å². The summed E-state index contributed by atoms with van der Waals surface area (Å²) < 4.78 is 0. The Morgan fingerprint density at radius 1 is 1.22 bits per heavy atom. The third-order valence-corrected chi connectivity index (χ3v) is 1.21. The zero-order chi connectivity index (χ0) is 6.53. The summed E-state index contributed by atoms with van der Waals surface area (Å²) in [5.74, 6) is 0.468. The highest BCUT2D eigenvalue weighted by atomic mass is 16.3. The van der Waals surface area contributed by atoms with Gasteiger partial charge in [-0.3, -0.25) is 0 Å². The quantitative estimate of drug-likeness (QED) is 0.522. The Labute approximate surface area is 55.0 Å². The molecule has 0 saturated heterocycles. The topological polar surface area (TPSA) is 20.2 Å². The molecule has 1 heteroatoms. The van der Waals surface area contributed by atoms with Gasteiger partial charge in [0.2, 0.25) is 0 Å². The second-order valence-corrected chi connectivity index (χ2v) is 2.01. The van der Waals surface area contributed by atoms with Crippen molar-refractivity contribution >= 4 is 0 Å². The van der Waals surface area contributed by atoms with Crippen LogP contribution in [0.4, 0.5) is 0 Å². The van der Waals surface area contributed by atoms with Gasteiger partial charge in [0.15, 0.2) is 0 Å². The van der Waals surface area contributed by atoms with Crippen LogP contribution in [0.5, 0.6) is 0 Å². The maximum atomic E-state index is 8.99. The van der Waals surface area contributed by atoms with Gasteiger partial charge in [-0.2, -0.15) is 0 Å². The summed E-state index contributed by atoms with van der Waals surface area (Å²) in [5.41, 5.74) is 0. The average Bonchev–Trinajstić information content (AvgIpc) is 1.79. The number of rotatable bonds is 0. The first kappa shape index (κ1) is 6.14. The number of aliphatic hydroxyl groups excluding tert-OH is 1. The molecule has 0 aliphatic heterocycles. The minimum atomic E-state index is 0.468. The van der Waals surface area contributed by atoms with Gasteiger partial charge in [-0.05, 0) is 12.5 Å². The van der Waals surface area contributed by atoms with E-state index < -0.39 is 0 Å². The van der Waals surface area contributed by atoms with Crippen molar-refractivity contribution in [3.63, 3.8) is 0 Å². The lowest BCUT2D eigenvalue weighted by molar-refractivity contribution is 0.389. The van der Waals surface area contributed by atoms with Crippen LogP contribution in [-0.2, 0) is 0 Å². The molecule has 0 amide bonds. The molecule has 0 atom stereocenters. The van der Waals surface area contributed by atoms with E-state index in [0.29, 0.717) is 5.76 Å². The van der Waals surface area contributed by atoms with Crippen molar-refractivity contribution < 1.29 is 5.11 Å². The normalized spacial score (nSPS) is 31.3. The summed E-state index contributed by atoms with van der Waals surface area (Å²) in [5, 5.41) is 8.99. The molecule has 1 nitrogen and oxygen atoms in total. The molecular formula is C8H10O. The van der Waals surface area contributed by atoms with Gasteiger partial charge in [-0.1, -0.05) is 24.3 Å². The van der Waals surface area contributed by atoms with Crippen LogP contribution in [0.2, 0.25) is 0 Å². The molecule has 1 aliphatic rings. The van der Waals surface area contributed by atoms with Crippen molar-refractivity contribution in [1.29, 1.82) is 0 Å². The molecule has 9 heavy (non-hydrogen) atoms. The third kappa shape index (κ3) is 2.17. The summed E-state index contributed by atoms with van der Waals surface area (Å²) in [4.78, 5) is 0. The van der Waals surface area contributed by atoms with Crippen LogP contribution in [0.25, 0.3) is 0 Å². The van der Waals surface area contributed by atoms with Gasteiger partial charge in [0.25, 0.3) is 0 Å². The number of aliphatic hydroxyl groups is 1. The Balaban J connectivity index is 2.62. The van der Waals surface area contributed by atoms with E-state index in [1.165, 1.54) is 0 Å². The molecule has 0 saturated carbocycles. The van der Waals surface area contributed by atoms with Crippen LogP contribution < -0.4 is 0 Å². The molecule has 0 spiro atoms. The van der Waals surface area contributed by atoms with Gasteiger partial charge in [0.1, 0.15) is 0 Å². The van der Waals surface area contributed by atoms with Crippen molar-refractivity contribution in [1.82, 2.24) is 0 Å². The average molecular weight is 122 g/mol. The van der Waals surface area contributed by atoms with Gasteiger partial charge >= 0.3 is 0 Å². The lowest BCUT2D eigenvalue weighted by atomic mass is 10.2. The molecule has 0 aromatic heterocycles. The summed E-state index contributed by atoms with van der Waals surface area (Å²) in [7, 11) is 0. The molecule has 0 radical (unpaired) electrons. The van der Waals surface area contributed by atoms with Gasteiger partial charge in [-0.25, -0.2) is 0 Å². The number of hydrogen-bond donors (Lipinski definition) is 1. The zero-order valence-electron chi connectivity index (χ0n) is 5.25. The van der Waals surface area contributed by atoms with Crippen molar-refractivity contribution in [2.45, 2.75) is 12.8 Å². The lowest BCUT2D eigenvalue weighted by Crippen LogP contribution is -1.79. The van der Waals surface area contributed by atoms with Crippen LogP contribution >= 0.6 is 0 Å². The first-order valence-electron chi connectivity index (χ1n) is 3.11. The van der Waals surface area contributed by atoms with Crippen LogP contribution in [0, 0.1) is 0 Å². The Morgan fingerprint density at radius 2 is 2.11 bits per heavy atom. The molecule has 1 aliphatic carbocycles.